The fourth-order valence-corrected chi connectivity index (χ4v) is 2.41. The third kappa shape index (κ3) is 1.70. The monoisotopic (exact) mass is 262 g/mol. The van der Waals surface area contributed by atoms with Gasteiger partial charge < -0.3 is 0 Å². The molecule has 0 radical (unpaired) electrons. The maximum atomic E-state index is 6.18. The van der Waals surface area contributed by atoms with Crippen molar-refractivity contribution in [3.8, 4) is 11.4 Å². The van der Waals surface area contributed by atoms with Gasteiger partial charge in [-0.3, -0.25) is 4.40 Å². The van der Waals surface area contributed by atoms with Gasteiger partial charge in [0.2, 0.25) is 0 Å². The molecule has 0 unspecified atom stereocenters. The summed E-state index contributed by atoms with van der Waals surface area (Å²) in [5.74, 6) is 0.760. The van der Waals surface area contributed by atoms with E-state index < -0.39 is 0 Å². The molecule has 3 rings (SSSR count). The molecule has 0 N–H and O–H groups in total. The van der Waals surface area contributed by atoms with E-state index in [1.54, 1.807) is 6.20 Å². The van der Waals surface area contributed by atoms with Crippen LogP contribution in [-0.2, 0) is 0 Å². The Morgan fingerprint density at radius 2 is 1.71 bits per heavy atom. The van der Waals surface area contributed by atoms with Crippen molar-refractivity contribution in [1.29, 1.82) is 0 Å². The van der Waals surface area contributed by atoms with Crippen LogP contribution in [0.2, 0.25) is 10.0 Å². The van der Waals surface area contributed by atoms with E-state index in [4.69, 9.17) is 23.2 Å². The molecule has 3 aromatic rings. The van der Waals surface area contributed by atoms with Crippen molar-refractivity contribution in [3.63, 3.8) is 0 Å². The van der Waals surface area contributed by atoms with Gasteiger partial charge in [0, 0.05) is 6.20 Å². The lowest BCUT2D eigenvalue weighted by Gasteiger charge is -2.05. The highest BCUT2D eigenvalue weighted by Crippen LogP contribution is 2.33. The number of hydrogen-bond acceptors (Lipinski definition) is 1. The lowest BCUT2D eigenvalue weighted by atomic mass is 10.2. The standard InChI is InChI=1S/C13H8Cl2N2/c14-10-5-3-6-11(15)12(10)13-16-8-9-4-1-2-7-17(9)13/h1-8H. The maximum Gasteiger partial charge on any atom is 0.147 e. The molecule has 1 aromatic carbocycles. The van der Waals surface area contributed by atoms with Gasteiger partial charge in [-0.2, -0.15) is 0 Å². The van der Waals surface area contributed by atoms with Crippen LogP contribution in [0.1, 0.15) is 0 Å². The summed E-state index contributed by atoms with van der Waals surface area (Å²) >= 11 is 12.4. The molecule has 0 bridgehead atoms. The highest BCUT2D eigenvalue weighted by Gasteiger charge is 2.13. The summed E-state index contributed by atoms with van der Waals surface area (Å²) in [7, 11) is 0. The summed E-state index contributed by atoms with van der Waals surface area (Å²) < 4.78 is 1.97. The summed E-state index contributed by atoms with van der Waals surface area (Å²) in [6, 6.07) is 11.3. The first-order chi connectivity index (χ1) is 8.27. The molecule has 0 aliphatic heterocycles. The van der Waals surface area contributed by atoms with E-state index in [-0.39, 0.29) is 0 Å². The van der Waals surface area contributed by atoms with Gasteiger partial charge in [0.15, 0.2) is 0 Å². The fourth-order valence-electron chi connectivity index (χ4n) is 1.84. The lowest BCUT2D eigenvalue weighted by Crippen LogP contribution is -1.90. The predicted octanol–water partition coefficient (Wildman–Crippen LogP) is 4.31. The number of halogens is 2. The predicted molar refractivity (Wildman–Crippen MR) is 70.6 cm³/mol. The Hall–Kier alpha value is -1.51. The second kappa shape index (κ2) is 4.06. The van der Waals surface area contributed by atoms with Gasteiger partial charge in [-0.25, -0.2) is 4.98 Å². The first kappa shape index (κ1) is 10.6. The molecule has 0 fully saturated rings. The van der Waals surface area contributed by atoms with Gasteiger partial charge in [-0.05, 0) is 24.3 Å². The van der Waals surface area contributed by atoms with Crippen LogP contribution in [0.4, 0.5) is 0 Å². The fraction of sp³-hybridized carbons (Fsp3) is 0. The Labute approximate surface area is 108 Å². The van der Waals surface area contributed by atoms with E-state index in [1.165, 1.54) is 0 Å². The van der Waals surface area contributed by atoms with Crippen LogP contribution in [0.3, 0.4) is 0 Å². The average molecular weight is 263 g/mol. The second-order valence-corrected chi connectivity index (χ2v) is 4.49. The topological polar surface area (TPSA) is 17.3 Å². The zero-order valence-corrected chi connectivity index (χ0v) is 10.3. The summed E-state index contributed by atoms with van der Waals surface area (Å²) in [6.45, 7) is 0. The average Bonchev–Trinajstić information content (AvgIpc) is 2.73. The zero-order valence-electron chi connectivity index (χ0n) is 8.77. The molecule has 2 heterocycles. The van der Waals surface area contributed by atoms with Gasteiger partial charge in [-0.15, -0.1) is 0 Å². The molecular weight excluding hydrogens is 255 g/mol. The van der Waals surface area contributed by atoms with E-state index in [0.29, 0.717) is 10.0 Å². The Balaban J connectivity index is 2.35. The smallest absolute Gasteiger partial charge is 0.147 e. The van der Waals surface area contributed by atoms with Crippen molar-refractivity contribution >= 4 is 28.7 Å². The van der Waals surface area contributed by atoms with E-state index >= 15 is 0 Å². The molecule has 0 aliphatic rings. The second-order valence-electron chi connectivity index (χ2n) is 3.67. The van der Waals surface area contributed by atoms with Crippen LogP contribution in [0.5, 0.6) is 0 Å². The Morgan fingerprint density at radius 1 is 0.941 bits per heavy atom. The van der Waals surface area contributed by atoms with Crippen molar-refractivity contribution < 1.29 is 0 Å². The van der Waals surface area contributed by atoms with Crippen molar-refractivity contribution in [2.45, 2.75) is 0 Å². The molecule has 2 aromatic heterocycles. The Bertz CT molecular complexity index is 668. The summed E-state index contributed by atoms with van der Waals surface area (Å²) in [6.07, 6.45) is 3.74. The number of benzene rings is 1. The van der Waals surface area contributed by atoms with E-state index in [2.05, 4.69) is 4.98 Å². The van der Waals surface area contributed by atoms with Crippen LogP contribution in [0.25, 0.3) is 16.9 Å². The van der Waals surface area contributed by atoms with Crippen LogP contribution >= 0.6 is 23.2 Å². The number of nitrogens with zero attached hydrogens (tertiary/aromatic N) is 2. The van der Waals surface area contributed by atoms with Gasteiger partial charge in [0.05, 0.1) is 27.3 Å². The minimum atomic E-state index is 0.605. The highest BCUT2D eigenvalue weighted by molar-refractivity contribution is 6.39. The van der Waals surface area contributed by atoms with Gasteiger partial charge in [0.25, 0.3) is 0 Å². The number of imidazole rings is 1. The quantitative estimate of drug-likeness (QED) is 0.639. The first-order valence-corrected chi connectivity index (χ1v) is 5.89. The molecule has 17 heavy (non-hydrogen) atoms. The summed E-state index contributed by atoms with van der Waals surface area (Å²) in [5, 5.41) is 1.21. The molecule has 4 heteroatoms. The van der Waals surface area contributed by atoms with Crippen molar-refractivity contribution in [1.82, 2.24) is 9.38 Å². The molecular formula is C13H8Cl2N2. The van der Waals surface area contributed by atoms with Crippen LogP contribution in [0, 0.1) is 0 Å². The molecule has 0 atom stereocenters. The third-order valence-corrected chi connectivity index (χ3v) is 3.26. The SMILES string of the molecule is Clc1cccc(Cl)c1-c1ncc2ccccn12. The third-order valence-electron chi connectivity index (χ3n) is 2.63. The molecule has 0 spiro atoms. The van der Waals surface area contributed by atoms with Crippen LogP contribution in [0.15, 0.2) is 48.8 Å². The Morgan fingerprint density at radius 3 is 2.47 bits per heavy atom. The lowest BCUT2D eigenvalue weighted by molar-refractivity contribution is 1.16. The maximum absolute atomic E-state index is 6.18. The summed E-state index contributed by atoms with van der Waals surface area (Å²) in [4.78, 5) is 4.38. The van der Waals surface area contributed by atoms with Crippen molar-refractivity contribution in [2.24, 2.45) is 0 Å². The molecule has 0 aliphatic carbocycles. The van der Waals surface area contributed by atoms with E-state index in [1.807, 2.05) is 47.0 Å². The van der Waals surface area contributed by atoms with Crippen molar-refractivity contribution in [3.05, 3.63) is 58.8 Å². The van der Waals surface area contributed by atoms with Crippen molar-refractivity contribution in [2.75, 3.05) is 0 Å². The minimum Gasteiger partial charge on any atom is -0.300 e. The molecule has 0 saturated carbocycles. The summed E-state index contributed by atoms with van der Waals surface area (Å²) in [5.41, 5.74) is 1.78. The van der Waals surface area contributed by atoms with E-state index in [9.17, 15) is 0 Å². The minimum absolute atomic E-state index is 0.605. The first-order valence-electron chi connectivity index (χ1n) is 5.14. The van der Waals surface area contributed by atoms with Gasteiger partial charge in [-0.1, -0.05) is 35.3 Å². The number of hydrogen-bond donors (Lipinski definition) is 0. The number of rotatable bonds is 1. The zero-order chi connectivity index (χ0) is 11.8. The molecule has 2 nitrogen and oxygen atoms in total. The van der Waals surface area contributed by atoms with Gasteiger partial charge >= 0.3 is 0 Å². The number of fused-ring (bicyclic) bond motifs is 1. The largest absolute Gasteiger partial charge is 0.300 e. The molecule has 0 amide bonds. The van der Waals surface area contributed by atoms with Crippen LogP contribution < -0.4 is 0 Å². The number of pyridine rings is 1. The molecule has 84 valence electrons. The van der Waals surface area contributed by atoms with Crippen LogP contribution in [-0.4, -0.2) is 9.38 Å². The Kier molecular flexibility index (Phi) is 2.54. The molecule has 0 saturated heterocycles. The van der Waals surface area contributed by atoms with E-state index in [0.717, 1.165) is 16.9 Å². The highest BCUT2D eigenvalue weighted by atomic mass is 35.5. The number of aromatic nitrogens is 2. The normalized spacial score (nSPS) is 10.9. The van der Waals surface area contributed by atoms with Gasteiger partial charge in [0.1, 0.15) is 5.82 Å².